The first kappa shape index (κ1) is 8.84. The van der Waals surface area contributed by atoms with Gasteiger partial charge in [0.05, 0.1) is 5.56 Å². The van der Waals surface area contributed by atoms with Crippen LogP contribution in [-0.2, 0) is 7.05 Å². The largest absolute Gasteiger partial charge is 0.507 e. The molecule has 0 radical (unpaired) electrons. The number of nitrogens with zero attached hydrogens (tertiary/aromatic N) is 1. The van der Waals surface area contributed by atoms with Crippen LogP contribution in [-0.4, -0.2) is 9.67 Å². The van der Waals surface area contributed by atoms with Crippen molar-refractivity contribution in [2.75, 3.05) is 0 Å². The van der Waals surface area contributed by atoms with Gasteiger partial charge in [0.25, 0.3) is 5.56 Å². The highest BCUT2D eigenvalue weighted by atomic mass is 16.3. The van der Waals surface area contributed by atoms with Crippen molar-refractivity contribution < 1.29 is 5.11 Å². The molecule has 0 amide bonds. The molecule has 0 bridgehead atoms. The highest BCUT2D eigenvalue weighted by molar-refractivity contribution is 5.31. The molecule has 1 heterocycles. The van der Waals surface area contributed by atoms with Gasteiger partial charge in [-0.25, -0.2) is 0 Å². The summed E-state index contributed by atoms with van der Waals surface area (Å²) in [6, 6.07) is 1.54. The van der Waals surface area contributed by atoms with E-state index in [0.29, 0.717) is 5.56 Å². The smallest absolute Gasteiger partial charge is 0.257 e. The molecule has 1 aromatic heterocycles. The number of aryl methyl sites for hydroxylation is 1. The third-order valence-electron chi connectivity index (χ3n) is 1.86. The summed E-state index contributed by atoms with van der Waals surface area (Å²) in [5.41, 5.74) is 0.366. The van der Waals surface area contributed by atoms with Crippen LogP contribution in [0.25, 0.3) is 0 Å². The second-order valence-electron chi connectivity index (χ2n) is 3.19. The van der Waals surface area contributed by atoms with Crippen LogP contribution in [0.5, 0.6) is 5.75 Å². The van der Waals surface area contributed by atoms with E-state index < -0.39 is 0 Å². The fourth-order valence-corrected chi connectivity index (χ4v) is 1.18. The predicted molar refractivity (Wildman–Crippen MR) is 47.4 cm³/mol. The molecule has 0 saturated heterocycles. The maximum atomic E-state index is 11.4. The Labute approximate surface area is 71.3 Å². The molecule has 12 heavy (non-hydrogen) atoms. The minimum absolute atomic E-state index is 0.0601. The summed E-state index contributed by atoms with van der Waals surface area (Å²) in [7, 11) is 1.67. The van der Waals surface area contributed by atoms with Crippen molar-refractivity contribution in [3.8, 4) is 5.75 Å². The Morgan fingerprint density at radius 3 is 2.50 bits per heavy atom. The van der Waals surface area contributed by atoms with Gasteiger partial charge in [-0.15, -0.1) is 0 Å². The first-order valence-electron chi connectivity index (χ1n) is 3.92. The lowest BCUT2D eigenvalue weighted by atomic mass is 10.0. The van der Waals surface area contributed by atoms with Crippen molar-refractivity contribution in [3.05, 3.63) is 28.2 Å². The van der Waals surface area contributed by atoms with E-state index >= 15 is 0 Å². The monoisotopic (exact) mass is 167 g/mol. The Bertz CT molecular complexity index is 339. The van der Waals surface area contributed by atoms with E-state index in [0.717, 1.165) is 0 Å². The van der Waals surface area contributed by atoms with Gasteiger partial charge >= 0.3 is 0 Å². The summed E-state index contributed by atoms with van der Waals surface area (Å²) in [5, 5.41) is 9.37. The second kappa shape index (κ2) is 3.01. The summed E-state index contributed by atoms with van der Waals surface area (Å²) in [4.78, 5) is 11.4. The number of rotatable bonds is 1. The molecular weight excluding hydrogens is 154 g/mol. The lowest BCUT2D eigenvalue weighted by Gasteiger charge is -2.08. The number of aromatic hydroxyl groups is 1. The van der Waals surface area contributed by atoms with Crippen molar-refractivity contribution in [1.29, 1.82) is 0 Å². The van der Waals surface area contributed by atoms with Gasteiger partial charge in [-0.2, -0.15) is 0 Å². The van der Waals surface area contributed by atoms with E-state index in [1.54, 1.807) is 13.2 Å². The quantitative estimate of drug-likeness (QED) is 0.683. The summed E-state index contributed by atoms with van der Waals surface area (Å²) >= 11 is 0. The minimum atomic E-state index is -0.120. The second-order valence-corrected chi connectivity index (χ2v) is 3.19. The zero-order chi connectivity index (χ0) is 9.30. The molecule has 0 aromatic carbocycles. The molecule has 0 aliphatic heterocycles. The number of pyridine rings is 1. The average Bonchev–Trinajstić information content (AvgIpc) is 1.97. The molecule has 1 rings (SSSR count). The number of aromatic nitrogens is 1. The van der Waals surface area contributed by atoms with Crippen LogP contribution in [0.1, 0.15) is 25.3 Å². The van der Waals surface area contributed by atoms with E-state index in [-0.39, 0.29) is 17.2 Å². The Hall–Kier alpha value is -1.25. The molecule has 3 heteroatoms. The van der Waals surface area contributed by atoms with Gasteiger partial charge < -0.3 is 9.67 Å². The van der Waals surface area contributed by atoms with Gasteiger partial charge in [0, 0.05) is 13.2 Å². The standard InChI is InChI=1S/C9H13NO2/c1-6(2)8-7(11)4-5-10(3)9(8)12/h4-6,11H,1-3H3. The van der Waals surface area contributed by atoms with E-state index in [4.69, 9.17) is 0 Å². The van der Waals surface area contributed by atoms with E-state index in [1.165, 1.54) is 10.6 Å². The summed E-state index contributed by atoms with van der Waals surface area (Å²) < 4.78 is 1.47. The maximum Gasteiger partial charge on any atom is 0.257 e. The lowest BCUT2D eigenvalue weighted by Crippen LogP contribution is -2.20. The molecule has 66 valence electrons. The molecule has 0 aliphatic carbocycles. The van der Waals surface area contributed by atoms with Crippen molar-refractivity contribution >= 4 is 0 Å². The highest BCUT2D eigenvalue weighted by Gasteiger charge is 2.10. The molecule has 1 N–H and O–H groups in total. The van der Waals surface area contributed by atoms with Gasteiger partial charge in [0.15, 0.2) is 0 Å². The molecule has 1 aromatic rings. The molecule has 0 aliphatic rings. The van der Waals surface area contributed by atoms with Crippen molar-refractivity contribution in [2.45, 2.75) is 19.8 Å². The minimum Gasteiger partial charge on any atom is -0.507 e. The first-order valence-corrected chi connectivity index (χ1v) is 3.92. The van der Waals surface area contributed by atoms with E-state index in [9.17, 15) is 9.90 Å². The fraction of sp³-hybridized carbons (Fsp3) is 0.444. The molecule has 0 saturated carbocycles. The van der Waals surface area contributed by atoms with Crippen molar-refractivity contribution in [1.82, 2.24) is 4.57 Å². The van der Waals surface area contributed by atoms with E-state index in [1.807, 2.05) is 13.8 Å². The van der Waals surface area contributed by atoms with Gasteiger partial charge in [0.2, 0.25) is 0 Å². The normalized spacial score (nSPS) is 10.7. The van der Waals surface area contributed by atoms with Crippen molar-refractivity contribution in [2.24, 2.45) is 7.05 Å². The SMILES string of the molecule is CC(C)c1c(O)ccn(C)c1=O. The first-order chi connectivity index (χ1) is 5.54. The summed E-state index contributed by atoms with van der Waals surface area (Å²) in [6.45, 7) is 3.77. The number of hydrogen-bond acceptors (Lipinski definition) is 2. The van der Waals surface area contributed by atoms with Crippen LogP contribution in [0.3, 0.4) is 0 Å². The Balaban J connectivity index is 3.44. The molecule has 0 atom stereocenters. The molecule has 3 nitrogen and oxygen atoms in total. The van der Waals surface area contributed by atoms with Gasteiger partial charge in [-0.3, -0.25) is 4.79 Å². The Morgan fingerprint density at radius 1 is 1.50 bits per heavy atom. The molecular formula is C9H13NO2. The van der Waals surface area contributed by atoms with Crippen LogP contribution in [0.2, 0.25) is 0 Å². The maximum absolute atomic E-state index is 11.4. The van der Waals surface area contributed by atoms with Crippen LogP contribution in [0.15, 0.2) is 17.1 Å². The highest BCUT2D eigenvalue weighted by Crippen LogP contribution is 2.19. The Kier molecular flexibility index (Phi) is 2.22. The van der Waals surface area contributed by atoms with Crippen LogP contribution < -0.4 is 5.56 Å². The zero-order valence-corrected chi connectivity index (χ0v) is 7.53. The summed E-state index contributed by atoms with van der Waals surface area (Å²) in [6.07, 6.45) is 1.56. The zero-order valence-electron chi connectivity index (χ0n) is 7.53. The van der Waals surface area contributed by atoms with Crippen LogP contribution >= 0.6 is 0 Å². The van der Waals surface area contributed by atoms with Crippen molar-refractivity contribution in [3.63, 3.8) is 0 Å². The molecule has 0 fully saturated rings. The van der Waals surface area contributed by atoms with Crippen LogP contribution in [0.4, 0.5) is 0 Å². The topological polar surface area (TPSA) is 42.2 Å². The van der Waals surface area contributed by atoms with Gasteiger partial charge in [-0.1, -0.05) is 13.8 Å². The van der Waals surface area contributed by atoms with Gasteiger partial charge in [0.1, 0.15) is 5.75 Å². The number of hydrogen-bond donors (Lipinski definition) is 1. The average molecular weight is 167 g/mol. The van der Waals surface area contributed by atoms with Gasteiger partial charge in [-0.05, 0) is 12.0 Å². The predicted octanol–water partition coefficient (Wildman–Crippen LogP) is 1.21. The summed E-state index contributed by atoms with van der Waals surface area (Å²) in [5.74, 6) is 0.151. The fourth-order valence-electron chi connectivity index (χ4n) is 1.18. The third kappa shape index (κ3) is 1.35. The van der Waals surface area contributed by atoms with Crippen LogP contribution in [0, 0.1) is 0 Å². The third-order valence-corrected chi connectivity index (χ3v) is 1.86. The lowest BCUT2D eigenvalue weighted by molar-refractivity contribution is 0.460. The van der Waals surface area contributed by atoms with E-state index in [2.05, 4.69) is 0 Å². The Morgan fingerprint density at radius 2 is 2.08 bits per heavy atom. The molecule has 0 spiro atoms. The molecule has 0 unspecified atom stereocenters.